The van der Waals surface area contributed by atoms with Crippen molar-refractivity contribution in [2.75, 3.05) is 13.1 Å². The van der Waals surface area contributed by atoms with E-state index in [1.54, 1.807) is 0 Å². The van der Waals surface area contributed by atoms with Gasteiger partial charge in [-0.25, -0.2) is 0 Å². The van der Waals surface area contributed by atoms with Crippen LogP contribution in [0.1, 0.15) is 41.0 Å². The van der Waals surface area contributed by atoms with E-state index in [1.807, 2.05) is 4.90 Å². The van der Waals surface area contributed by atoms with Crippen molar-refractivity contribution in [3.8, 4) is 0 Å². The van der Waals surface area contributed by atoms with Gasteiger partial charge in [0.1, 0.15) is 5.01 Å². The summed E-state index contributed by atoms with van der Waals surface area (Å²) in [6.07, 6.45) is 2.40. The lowest BCUT2D eigenvalue weighted by atomic mass is 9.99. The summed E-state index contributed by atoms with van der Waals surface area (Å²) in [7, 11) is 0. The number of carboxylic acids is 1. The first-order chi connectivity index (χ1) is 9.06. The number of likely N-dealkylation sites (tertiary alicyclic amines) is 1. The number of carboxylic acid groups (broad SMARTS) is 1. The van der Waals surface area contributed by atoms with Crippen molar-refractivity contribution in [1.29, 1.82) is 0 Å². The van der Waals surface area contributed by atoms with Gasteiger partial charge in [-0.1, -0.05) is 18.3 Å². The van der Waals surface area contributed by atoms with E-state index >= 15 is 0 Å². The number of nitrogens with zero attached hydrogens (tertiary/aromatic N) is 3. The first-order valence-corrected chi connectivity index (χ1v) is 7.21. The van der Waals surface area contributed by atoms with E-state index in [1.165, 1.54) is 11.3 Å². The zero-order chi connectivity index (χ0) is 13.8. The Balaban J connectivity index is 1.94. The van der Waals surface area contributed by atoms with Crippen LogP contribution in [0.25, 0.3) is 0 Å². The average Bonchev–Trinajstić information content (AvgIpc) is 2.85. The summed E-state index contributed by atoms with van der Waals surface area (Å²) in [5.74, 6) is -0.274. The number of piperidine rings is 1. The van der Waals surface area contributed by atoms with E-state index in [9.17, 15) is 9.59 Å². The standard InChI is InChI=1S/C12H17N3O3S/c1-8-4-6-15(7-5-8)12(18)11-14-13-9(19-11)2-3-10(16)17/h8H,2-7H2,1H3,(H,16,17). The van der Waals surface area contributed by atoms with Gasteiger partial charge >= 0.3 is 5.97 Å². The lowest BCUT2D eigenvalue weighted by Crippen LogP contribution is -2.37. The summed E-state index contributed by atoms with van der Waals surface area (Å²) in [4.78, 5) is 24.5. The van der Waals surface area contributed by atoms with Crippen molar-refractivity contribution in [3.63, 3.8) is 0 Å². The average molecular weight is 283 g/mol. The molecule has 0 aliphatic carbocycles. The molecule has 1 amide bonds. The summed E-state index contributed by atoms with van der Waals surface area (Å²) in [6.45, 7) is 3.73. The number of hydrogen-bond acceptors (Lipinski definition) is 5. The maximum atomic E-state index is 12.2. The molecule has 0 atom stereocenters. The van der Waals surface area contributed by atoms with Crippen LogP contribution in [0.4, 0.5) is 0 Å². The molecule has 1 aromatic rings. The van der Waals surface area contributed by atoms with Gasteiger partial charge in [0.05, 0.1) is 6.42 Å². The number of hydrogen-bond donors (Lipinski definition) is 1. The molecule has 1 aliphatic rings. The normalized spacial score (nSPS) is 16.6. The van der Waals surface area contributed by atoms with Gasteiger partial charge in [0.2, 0.25) is 5.01 Å². The molecule has 1 saturated heterocycles. The van der Waals surface area contributed by atoms with Crippen molar-refractivity contribution in [2.24, 2.45) is 5.92 Å². The quantitative estimate of drug-likeness (QED) is 0.903. The highest BCUT2D eigenvalue weighted by molar-refractivity contribution is 7.13. The Kier molecular flexibility index (Phi) is 4.47. The lowest BCUT2D eigenvalue weighted by Gasteiger charge is -2.29. The molecule has 0 aromatic carbocycles. The Morgan fingerprint density at radius 3 is 2.68 bits per heavy atom. The Hall–Kier alpha value is -1.50. The van der Waals surface area contributed by atoms with E-state index in [4.69, 9.17) is 5.11 Å². The molecule has 1 aliphatic heterocycles. The molecule has 7 heteroatoms. The molecule has 0 radical (unpaired) electrons. The Morgan fingerprint density at radius 1 is 1.37 bits per heavy atom. The molecule has 1 aromatic heterocycles. The monoisotopic (exact) mass is 283 g/mol. The highest BCUT2D eigenvalue weighted by Gasteiger charge is 2.24. The first-order valence-electron chi connectivity index (χ1n) is 6.39. The maximum absolute atomic E-state index is 12.2. The molecule has 104 valence electrons. The van der Waals surface area contributed by atoms with Gasteiger partial charge in [0.15, 0.2) is 0 Å². The minimum Gasteiger partial charge on any atom is -0.481 e. The highest BCUT2D eigenvalue weighted by atomic mass is 32.1. The van der Waals surface area contributed by atoms with Gasteiger partial charge in [-0.15, -0.1) is 10.2 Å². The van der Waals surface area contributed by atoms with Gasteiger partial charge in [-0.2, -0.15) is 0 Å². The third-order valence-electron chi connectivity index (χ3n) is 3.27. The molecule has 0 saturated carbocycles. The zero-order valence-corrected chi connectivity index (χ0v) is 11.7. The Bertz CT molecular complexity index is 467. The number of aryl methyl sites for hydroxylation is 1. The fourth-order valence-corrected chi connectivity index (χ4v) is 2.81. The van der Waals surface area contributed by atoms with Gasteiger partial charge in [-0.05, 0) is 18.8 Å². The van der Waals surface area contributed by atoms with Crippen LogP contribution in [0.5, 0.6) is 0 Å². The zero-order valence-electron chi connectivity index (χ0n) is 10.8. The molecule has 1 N–H and O–H groups in total. The molecule has 19 heavy (non-hydrogen) atoms. The number of carbonyl (C=O) groups is 2. The van der Waals surface area contributed by atoms with Crippen LogP contribution >= 0.6 is 11.3 Å². The number of rotatable bonds is 4. The van der Waals surface area contributed by atoms with Crippen LogP contribution in [0, 0.1) is 5.92 Å². The van der Waals surface area contributed by atoms with Crippen molar-refractivity contribution in [1.82, 2.24) is 15.1 Å². The number of amides is 1. The Morgan fingerprint density at radius 2 is 2.05 bits per heavy atom. The van der Waals surface area contributed by atoms with E-state index in [-0.39, 0.29) is 12.3 Å². The summed E-state index contributed by atoms with van der Waals surface area (Å²) >= 11 is 1.20. The number of aromatic nitrogens is 2. The van der Waals surface area contributed by atoms with Crippen LogP contribution in [-0.4, -0.2) is 45.2 Å². The lowest BCUT2D eigenvalue weighted by molar-refractivity contribution is -0.136. The molecular formula is C12H17N3O3S. The fraction of sp³-hybridized carbons (Fsp3) is 0.667. The molecule has 0 bridgehead atoms. The summed E-state index contributed by atoms with van der Waals surface area (Å²) in [6, 6.07) is 0. The molecule has 2 heterocycles. The minimum absolute atomic E-state index is 0.0179. The summed E-state index contributed by atoms with van der Waals surface area (Å²) in [5.41, 5.74) is 0. The van der Waals surface area contributed by atoms with Crippen molar-refractivity contribution < 1.29 is 14.7 Å². The molecule has 2 rings (SSSR count). The first kappa shape index (κ1) is 13.9. The minimum atomic E-state index is -0.868. The van der Waals surface area contributed by atoms with Crippen molar-refractivity contribution >= 4 is 23.2 Å². The fourth-order valence-electron chi connectivity index (χ4n) is 2.00. The van der Waals surface area contributed by atoms with E-state index in [0.717, 1.165) is 25.9 Å². The molecule has 0 unspecified atom stereocenters. The second-order valence-corrected chi connectivity index (χ2v) is 5.93. The van der Waals surface area contributed by atoms with Crippen molar-refractivity contribution in [2.45, 2.75) is 32.6 Å². The van der Waals surface area contributed by atoms with E-state index < -0.39 is 5.97 Å². The topological polar surface area (TPSA) is 83.4 Å². The van der Waals surface area contributed by atoms with Crippen LogP contribution in [-0.2, 0) is 11.2 Å². The van der Waals surface area contributed by atoms with E-state index in [2.05, 4.69) is 17.1 Å². The summed E-state index contributed by atoms with van der Waals surface area (Å²) < 4.78 is 0. The predicted octanol–water partition coefficient (Wildman–Crippen LogP) is 1.43. The predicted molar refractivity (Wildman–Crippen MR) is 70.2 cm³/mol. The second kappa shape index (κ2) is 6.10. The van der Waals surface area contributed by atoms with Crippen LogP contribution in [0.2, 0.25) is 0 Å². The van der Waals surface area contributed by atoms with Gasteiger partial charge < -0.3 is 10.0 Å². The van der Waals surface area contributed by atoms with Crippen LogP contribution in [0.3, 0.4) is 0 Å². The SMILES string of the molecule is CC1CCN(C(=O)c2nnc(CCC(=O)O)s2)CC1. The third kappa shape index (κ3) is 3.73. The van der Waals surface area contributed by atoms with Crippen LogP contribution in [0.15, 0.2) is 0 Å². The van der Waals surface area contributed by atoms with Gasteiger partial charge in [-0.3, -0.25) is 9.59 Å². The van der Waals surface area contributed by atoms with Gasteiger partial charge in [0.25, 0.3) is 5.91 Å². The van der Waals surface area contributed by atoms with Gasteiger partial charge in [0, 0.05) is 19.5 Å². The maximum Gasteiger partial charge on any atom is 0.303 e. The Labute approximate surface area is 115 Å². The summed E-state index contributed by atoms with van der Waals surface area (Å²) in [5, 5.41) is 17.3. The number of carbonyl (C=O) groups excluding carboxylic acids is 1. The second-order valence-electron chi connectivity index (χ2n) is 4.87. The molecule has 6 nitrogen and oxygen atoms in total. The smallest absolute Gasteiger partial charge is 0.303 e. The van der Waals surface area contributed by atoms with E-state index in [0.29, 0.717) is 22.4 Å². The number of aliphatic carboxylic acids is 1. The highest BCUT2D eigenvalue weighted by Crippen LogP contribution is 2.20. The molecule has 0 spiro atoms. The molecule has 1 fully saturated rings. The molecular weight excluding hydrogens is 266 g/mol. The van der Waals surface area contributed by atoms with Crippen LogP contribution < -0.4 is 0 Å². The third-order valence-corrected chi connectivity index (χ3v) is 4.24. The largest absolute Gasteiger partial charge is 0.481 e. The van der Waals surface area contributed by atoms with Crippen molar-refractivity contribution in [3.05, 3.63) is 10.0 Å².